The molecule has 1 saturated heterocycles. The van der Waals surface area contributed by atoms with Crippen LogP contribution in [-0.4, -0.2) is 46.2 Å². The Hall–Kier alpha value is -2.83. The van der Waals surface area contributed by atoms with E-state index in [4.69, 9.17) is 4.74 Å². The van der Waals surface area contributed by atoms with Crippen molar-refractivity contribution in [2.45, 2.75) is 46.1 Å². The molecule has 2 amide bonds. The Morgan fingerprint density at radius 1 is 1.28 bits per heavy atom. The van der Waals surface area contributed by atoms with E-state index in [1.165, 1.54) is 0 Å². The van der Waals surface area contributed by atoms with Crippen molar-refractivity contribution >= 4 is 17.5 Å². The molecule has 3 rings (SSSR count). The van der Waals surface area contributed by atoms with Gasteiger partial charge in [-0.3, -0.25) is 14.3 Å². The lowest BCUT2D eigenvalue weighted by Gasteiger charge is -2.27. The van der Waals surface area contributed by atoms with Crippen molar-refractivity contribution in [1.29, 1.82) is 0 Å². The third-order valence-corrected chi connectivity index (χ3v) is 5.79. The van der Waals surface area contributed by atoms with Gasteiger partial charge in [-0.1, -0.05) is 6.92 Å². The number of amides is 2. The molecule has 1 aromatic carbocycles. The van der Waals surface area contributed by atoms with Crippen molar-refractivity contribution in [1.82, 2.24) is 14.7 Å². The van der Waals surface area contributed by atoms with Crippen LogP contribution in [0.5, 0.6) is 5.75 Å². The number of ether oxygens (including phenoxy) is 1. The van der Waals surface area contributed by atoms with Gasteiger partial charge in [0.25, 0.3) is 0 Å². The molecule has 0 aliphatic carbocycles. The van der Waals surface area contributed by atoms with Crippen LogP contribution in [0.2, 0.25) is 0 Å². The largest absolute Gasteiger partial charge is 0.497 e. The second-order valence-corrected chi connectivity index (χ2v) is 7.79. The number of hydrogen-bond donors (Lipinski definition) is 1. The first-order valence-electron chi connectivity index (χ1n) is 10.1. The number of carbonyl (C=O) groups is 2. The minimum atomic E-state index is -0.428. The summed E-state index contributed by atoms with van der Waals surface area (Å²) in [5.74, 6) is 0.420. The monoisotopic (exact) mass is 398 g/mol. The van der Waals surface area contributed by atoms with Crippen LogP contribution in [0, 0.1) is 19.8 Å². The fraction of sp³-hybridized carbons (Fsp3) is 0.500. The lowest BCUT2D eigenvalue weighted by atomic mass is 9.98. The molecule has 1 N–H and O–H groups in total. The van der Waals surface area contributed by atoms with Gasteiger partial charge in [0.1, 0.15) is 11.8 Å². The maximum atomic E-state index is 13.1. The summed E-state index contributed by atoms with van der Waals surface area (Å²) in [5.41, 5.74) is 3.86. The van der Waals surface area contributed by atoms with E-state index in [1.807, 2.05) is 32.5 Å². The SMILES string of the molecule is COc1ccc(NC(=O)C2CCCN2C(=O)C(C)Cc2c(C)nn(C)c2C)cc1. The van der Waals surface area contributed by atoms with Gasteiger partial charge in [0, 0.05) is 30.9 Å². The molecule has 1 aliphatic heterocycles. The van der Waals surface area contributed by atoms with Crippen molar-refractivity contribution in [3.05, 3.63) is 41.2 Å². The second-order valence-electron chi connectivity index (χ2n) is 7.79. The van der Waals surface area contributed by atoms with E-state index in [-0.39, 0.29) is 17.7 Å². The lowest BCUT2D eigenvalue weighted by Crippen LogP contribution is -2.45. The van der Waals surface area contributed by atoms with Crippen molar-refractivity contribution < 1.29 is 14.3 Å². The van der Waals surface area contributed by atoms with Gasteiger partial charge in [0.15, 0.2) is 0 Å². The molecule has 7 heteroatoms. The topological polar surface area (TPSA) is 76.5 Å². The minimum absolute atomic E-state index is 0.0278. The van der Waals surface area contributed by atoms with Crippen LogP contribution in [-0.2, 0) is 23.1 Å². The zero-order valence-electron chi connectivity index (χ0n) is 17.9. The average Bonchev–Trinajstić information content (AvgIpc) is 3.29. The second kappa shape index (κ2) is 8.68. The van der Waals surface area contributed by atoms with Gasteiger partial charge in [-0.25, -0.2) is 0 Å². The highest BCUT2D eigenvalue weighted by Gasteiger charge is 2.36. The Kier molecular flexibility index (Phi) is 6.25. The van der Waals surface area contributed by atoms with E-state index in [9.17, 15) is 9.59 Å². The van der Waals surface area contributed by atoms with Crippen LogP contribution in [0.1, 0.15) is 36.7 Å². The number of aromatic nitrogens is 2. The van der Waals surface area contributed by atoms with E-state index < -0.39 is 6.04 Å². The normalized spacial score (nSPS) is 17.3. The highest BCUT2D eigenvalue weighted by Crippen LogP contribution is 2.25. The third-order valence-electron chi connectivity index (χ3n) is 5.79. The highest BCUT2D eigenvalue weighted by atomic mass is 16.5. The molecule has 156 valence electrons. The maximum Gasteiger partial charge on any atom is 0.247 e. The molecule has 1 fully saturated rings. The fourth-order valence-electron chi connectivity index (χ4n) is 3.99. The molecule has 2 atom stereocenters. The Bertz CT molecular complexity index is 888. The molecule has 1 aliphatic rings. The number of anilines is 1. The number of nitrogens with zero attached hydrogens (tertiary/aromatic N) is 3. The molecule has 1 aromatic heterocycles. The standard InChI is InChI=1S/C22H30N4O3/c1-14(13-19-15(2)24-25(4)16(19)3)22(28)26-12-6-7-20(26)21(27)23-17-8-10-18(29-5)11-9-17/h8-11,14,20H,6-7,12-13H2,1-5H3,(H,23,27). The molecular formula is C22H30N4O3. The van der Waals surface area contributed by atoms with Gasteiger partial charge in [-0.05, 0) is 62.9 Å². The lowest BCUT2D eigenvalue weighted by molar-refractivity contribution is -0.139. The molecule has 0 saturated carbocycles. The van der Waals surface area contributed by atoms with Gasteiger partial charge in [-0.2, -0.15) is 5.10 Å². The summed E-state index contributed by atoms with van der Waals surface area (Å²) < 4.78 is 6.99. The Labute approximate surface area is 172 Å². The Morgan fingerprint density at radius 3 is 2.55 bits per heavy atom. The predicted molar refractivity (Wildman–Crippen MR) is 112 cm³/mol. The molecule has 29 heavy (non-hydrogen) atoms. The van der Waals surface area contributed by atoms with Crippen LogP contribution < -0.4 is 10.1 Å². The van der Waals surface area contributed by atoms with Crippen LogP contribution in [0.3, 0.4) is 0 Å². The van der Waals surface area contributed by atoms with Crippen molar-refractivity contribution in [3.8, 4) is 5.75 Å². The molecule has 2 heterocycles. The molecule has 2 unspecified atom stereocenters. The third kappa shape index (κ3) is 4.44. The van der Waals surface area contributed by atoms with E-state index in [1.54, 1.807) is 36.3 Å². The Balaban J connectivity index is 1.66. The van der Waals surface area contributed by atoms with Gasteiger partial charge < -0.3 is 15.0 Å². The van der Waals surface area contributed by atoms with Crippen molar-refractivity contribution in [2.75, 3.05) is 19.0 Å². The summed E-state index contributed by atoms with van der Waals surface area (Å²) in [7, 11) is 3.52. The first-order chi connectivity index (χ1) is 13.8. The highest BCUT2D eigenvalue weighted by molar-refractivity contribution is 5.97. The van der Waals surface area contributed by atoms with Crippen LogP contribution in [0.4, 0.5) is 5.69 Å². The summed E-state index contributed by atoms with van der Waals surface area (Å²) >= 11 is 0. The number of benzene rings is 1. The number of aryl methyl sites for hydroxylation is 2. The van der Waals surface area contributed by atoms with E-state index >= 15 is 0 Å². The Morgan fingerprint density at radius 2 is 1.97 bits per heavy atom. The number of likely N-dealkylation sites (tertiary alicyclic amines) is 1. The van der Waals surface area contributed by atoms with Gasteiger partial charge in [0.05, 0.1) is 12.8 Å². The van der Waals surface area contributed by atoms with Crippen molar-refractivity contribution in [3.63, 3.8) is 0 Å². The number of rotatable bonds is 6. The smallest absolute Gasteiger partial charge is 0.247 e. The van der Waals surface area contributed by atoms with Gasteiger partial charge in [0.2, 0.25) is 11.8 Å². The summed E-state index contributed by atoms with van der Waals surface area (Å²) in [5, 5.41) is 7.37. The van der Waals surface area contributed by atoms with Crippen LogP contribution >= 0.6 is 0 Å². The van der Waals surface area contributed by atoms with Crippen LogP contribution in [0.25, 0.3) is 0 Å². The zero-order valence-corrected chi connectivity index (χ0v) is 17.9. The summed E-state index contributed by atoms with van der Waals surface area (Å²) in [6, 6.07) is 6.77. The molecule has 0 bridgehead atoms. The fourth-order valence-corrected chi connectivity index (χ4v) is 3.99. The molecule has 2 aromatic rings. The number of hydrogen-bond acceptors (Lipinski definition) is 4. The molecule has 0 radical (unpaired) electrons. The van der Waals surface area contributed by atoms with E-state index in [0.29, 0.717) is 25.1 Å². The quantitative estimate of drug-likeness (QED) is 0.812. The maximum absolute atomic E-state index is 13.1. The zero-order chi connectivity index (χ0) is 21.1. The van der Waals surface area contributed by atoms with Crippen molar-refractivity contribution in [2.24, 2.45) is 13.0 Å². The summed E-state index contributed by atoms with van der Waals surface area (Å²) in [4.78, 5) is 27.7. The molecule has 0 spiro atoms. The van der Waals surface area contributed by atoms with Gasteiger partial charge in [-0.15, -0.1) is 0 Å². The first kappa shape index (κ1) is 20.9. The first-order valence-corrected chi connectivity index (χ1v) is 10.1. The molecular weight excluding hydrogens is 368 g/mol. The minimum Gasteiger partial charge on any atom is -0.497 e. The number of methoxy groups -OCH3 is 1. The molecule has 7 nitrogen and oxygen atoms in total. The van der Waals surface area contributed by atoms with E-state index in [0.717, 1.165) is 29.1 Å². The average molecular weight is 399 g/mol. The summed E-state index contributed by atoms with van der Waals surface area (Å²) in [6.45, 7) is 6.55. The predicted octanol–water partition coefficient (Wildman–Crippen LogP) is 2.85. The van der Waals surface area contributed by atoms with E-state index in [2.05, 4.69) is 10.4 Å². The van der Waals surface area contributed by atoms with Gasteiger partial charge >= 0.3 is 0 Å². The number of nitrogens with one attached hydrogen (secondary N) is 1. The number of carbonyl (C=O) groups excluding carboxylic acids is 2. The van der Waals surface area contributed by atoms with Crippen LogP contribution in [0.15, 0.2) is 24.3 Å². The summed E-state index contributed by atoms with van der Waals surface area (Å²) in [6.07, 6.45) is 2.16.